The highest BCUT2D eigenvalue weighted by atomic mass is 35.5. The minimum absolute atomic E-state index is 0.317. The summed E-state index contributed by atoms with van der Waals surface area (Å²) in [4.78, 5) is 12.9. The molecule has 1 saturated carbocycles. The van der Waals surface area contributed by atoms with Crippen LogP contribution in [-0.2, 0) is 16.6 Å². The van der Waals surface area contributed by atoms with Crippen molar-refractivity contribution in [3.63, 3.8) is 0 Å². The van der Waals surface area contributed by atoms with Crippen molar-refractivity contribution in [3.05, 3.63) is 69.7 Å². The normalized spacial score (nSPS) is 18.9. The largest absolute Gasteiger partial charge is 0.388 e. The van der Waals surface area contributed by atoms with Gasteiger partial charge in [0.2, 0.25) is 5.91 Å². The number of hydrogen-bond donors (Lipinski definition) is 2. The molecule has 1 unspecified atom stereocenters. The van der Waals surface area contributed by atoms with Crippen molar-refractivity contribution in [1.82, 2.24) is 0 Å². The second-order valence-corrected chi connectivity index (χ2v) is 7.97. The molecule has 0 heterocycles. The van der Waals surface area contributed by atoms with E-state index < -0.39 is 16.9 Å². The maximum atomic E-state index is 12.9. The van der Waals surface area contributed by atoms with E-state index in [0.29, 0.717) is 34.9 Å². The number of carbonyl (C=O) groups excluding carboxylic acids is 1. The van der Waals surface area contributed by atoms with Crippen LogP contribution in [0.25, 0.3) is 0 Å². The first kappa shape index (κ1) is 19.2. The SMILES string of the molecule is NC(=O)C(Cc1ccccc1)(c1ccc(Cl)c(Cl)c1)C1(O)CCCCC1. The molecule has 5 heteroatoms. The summed E-state index contributed by atoms with van der Waals surface area (Å²) < 4.78 is 0. The fourth-order valence-corrected chi connectivity index (χ4v) is 4.52. The summed E-state index contributed by atoms with van der Waals surface area (Å²) in [5, 5.41) is 12.4. The Morgan fingerprint density at radius 2 is 1.69 bits per heavy atom. The fourth-order valence-electron chi connectivity index (χ4n) is 4.22. The molecule has 26 heavy (non-hydrogen) atoms. The first-order chi connectivity index (χ1) is 12.4. The van der Waals surface area contributed by atoms with Crippen LogP contribution in [0.15, 0.2) is 48.5 Å². The van der Waals surface area contributed by atoms with Crippen molar-refractivity contribution in [2.75, 3.05) is 0 Å². The lowest BCUT2D eigenvalue weighted by molar-refractivity contribution is -0.140. The highest BCUT2D eigenvalue weighted by Gasteiger charge is 2.55. The molecule has 2 aromatic carbocycles. The van der Waals surface area contributed by atoms with Gasteiger partial charge in [0.25, 0.3) is 0 Å². The number of rotatable bonds is 5. The summed E-state index contributed by atoms with van der Waals surface area (Å²) in [6.07, 6.45) is 4.15. The van der Waals surface area contributed by atoms with E-state index in [1.807, 2.05) is 30.3 Å². The van der Waals surface area contributed by atoms with Gasteiger partial charge >= 0.3 is 0 Å². The summed E-state index contributed by atoms with van der Waals surface area (Å²) >= 11 is 12.3. The molecule has 0 aromatic heterocycles. The summed E-state index contributed by atoms with van der Waals surface area (Å²) in [5.74, 6) is -0.538. The Morgan fingerprint density at radius 1 is 1.04 bits per heavy atom. The van der Waals surface area contributed by atoms with Crippen LogP contribution in [0, 0.1) is 0 Å². The van der Waals surface area contributed by atoms with Gasteiger partial charge in [0.1, 0.15) is 5.41 Å². The molecule has 0 spiro atoms. The van der Waals surface area contributed by atoms with Gasteiger partial charge in [-0.05, 0) is 42.5 Å². The van der Waals surface area contributed by atoms with Crippen LogP contribution in [0.1, 0.15) is 43.2 Å². The Balaban J connectivity index is 2.20. The highest BCUT2D eigenvalue weighted by molar-refractivity contribution is 6.42. The predicted molar refractivity (Wildman–Crippen MR) is 106 cm³/mol. The molecule has 1 amide bonds. The van der Waals surface area contributed by atoms with Crippen LogP contribution in [0.5, 0.6) is 0 Å². The standard InChI is InChI=1S/C21H23Cl2NO2/c22-17-10-9-16(13-18(17)23)21(19(24)25,14-15-7-3-1-4-8-15)20(26)11-5-2-6-12-20/h1,3-4,7-10,13,26H,2,5-6,11-12,14H2,(H2,24,25). The Hall–Kier alpha value is -1.55. The Morgan fingerprint density at radius 3 is 2.27 bits per heavy atom. The molecule has 3 nitrogen and oxygen atoms in total. The van der Waals surface area contributed by atoms with Gasteiger partial charge in [-0.15, -0.1) is 0 Å². The van der Waals surface area contributed by atoms with Gasteiger partial charge in [0, 0.05) is 0 Å². The smallest absolute Gasteiger partial charge is 0.231 e. The average molecular weight is 392 g/mol. The van der Waals surface area contributed by atoms with E-state index in [-0.39, 0.29) is 0 Å². The molecule has 3 N–H and O–H groups in total. The lowest BCUT2D eigenvalue weighted by atomic mass is 9.59. The molecule has 1 aliphatic rings. The number of benzene rings is 2. The number of aliphatic hydroxyl groups is 1. The first-order valence-electron chi connectivity index (χ1n) is 8.91. The van der Waals surface area contributed by atoms with Gasteiger partial charge in [0.15, 0.2) is 0 Å². The zero-order valence-electron chi connectivity index (χ0n) is 14.6. The lowest BCUT2D eigenvalue weighted by Crippen LogP contribution is -2.61. The molecule has 0 aliphatic heterocycles. The van der Waals surface area contributed by atoms with E-state index in [4.69, 9.17) is 28.9 Å². The van der Waals surface area contributed by atoms with Crippen molar-refractivity contribution in [2.24, 2.45) is 5.73 Å². The number of nitrogens with two attached hydrogens (primary N) is 1. The maximum absolute atomic E-state index is 12.9. The second-order valence-electron chi connectivity index (χ2n) is 7.15. The lowest BCUT2D eigenvalue weighted by Gasteiger charge is -2.48. The topological polar surface area (TPSA) is 63.3 Å². The molecule has 0 bridgehead atoms. The molecule has 0 radical (unpaired) electrons. The summed E-state index contributed by atoms with van der Waals surface area (Å²) in [6, 6.07) is 14.7. The zero-order valence-corrected chi connectivity index (χ0v) is 16.1. The van der Waals surface area contributed by atoms with Crippen molar-refractivity contribution < 1.29 is 9.90 Å². The third kappa shape index (κ3) is 3.36. The average Bonchev–Trinajstić information content (AvgIpc) is 2.63. The van der Waals surface area contributed by atoms with Crippen LogP contribution >= 0.6 is 23.2 Å². The summed E-state index contributed by atoms with van der Waals surface area (Å²) in [5.41, 5.74) is 5.06. The monoisotopic (exact) mass is 391 g/mol. The van der Waals surface area contributed by atoms with Crippen LogP contribution in [0.4, 0.5) is 0 Å². The van der Waals surface area contributed by atoms with Crippen LogP contribution in [-0.4, -0.2) is 16.6 Å². The van der Waals surface area contributed by atoms with Gasteiger partial charge in [-0.2, -0.15) is 0 Å². The van der Waals surface area contributed by atoms with E-state index in [0.717, 1.165) is 24.8 Å². The maximum Gasteiger partial charge on any atom is 0.231 e. The fraction of sp³-hybridized carbons (Fsp3) is 0.381. The third-order valence-corrected chi connectivity index (χ3v) is 6.36. The van der Waals surface area contributed by atoms with Crippen molar-refractivity contribution in [3.8, 4) is 0 Å². The van der Waals surface area contributed by atoms with Gasteiger partial charge in [-0.1, -0.05) is 78.9 Å². The predicted octanol–water partition coefficient (Wildman–Crippen LogP) is 4.65. The molecule has 3 rings (SSSR count). The minimum atomic E-state index is -1.26. The number of amides is 1. The van der Waals surface area contributed by atoms with Crippen LogP contribution in [0.2, 0.25) is 10.0 Å². The summed E-state index contributed by atoms with van der Waals surface area (Å²) in [7, 11) is 0. The van der Waals surface area contributed by atoms with Gasteiger partial charge < -0.3 is 10.8 Å². The van der Waals surface area contributed by atoms with Crippen molar-refractivity contribution in [1.29, 1.82) is 0 Å². The van der Waals surface area contributed by atoms with E-state index in [9.17, 15) is 9.90 Å². The molecule has 0 saturated heterocycles. The Bertz CT molecular complexity index is 788. The molecular weight excluding hydrogens is 369 g/mol. The number of halogens is 2. The van der Waals surface area contributed by atoms with Gasteiger partial charge in [-0.25, -0.2) is 0 Å². The number of primary amides is 1. The second kappa shape index (κ2) is 7.59. The summed E-state index contributed by atoms with van der Waals surface area (Å²) in [6.45, 7) is 0. The minimum Gasteiger partial charge on any atom is -0.388 e. The quantitative estimate of drug-likeness (QED) is 0.778. The highest BCUT2D eigenvalue weighted by Crippen LogP contribution is 2.47. The Labute approximate surface area is 164 Å². The van der Waals surface area contributed by atoms with E-state index in [1.54, 1.807) is 18.2 Å². The van der Waals surface area contributed by atoms with Crippen molar-refractivity contribution >= 4 is 29.1 Å². The molecule has 1 atom stereocenters. The zero-order chi connectivity index (χ0) is 18.8. The third-order valence-electron chi connectivity index (χ3n) is 5.62. The molecule has 2 aromatic rings. The van der Waals surface area contributed by atoms with Crippen LogP contribution < -0.4 is 5.73 Å². The number of hydrogen-bond acceptors (Lipinski definition) is 2. The van der Waals surface area contributed by atoms with Gasteiger partial charge in [0.05, 0.1) is 15.6 Å². The van der Waals surface area contributed by atoms with E-state index >= 15 is 0 Å². The number of carbonyl (C=O) groups is 1. The van der Waals surface area contributed by atoms with E-state index in [1.165, 1.54) is 0 Å². The van der Waals surface area contributed by atoms with Gasteiger partial charge in [-0.3, -0.25) is 4.79 Å². The molecular formula is C21H23Cl2NO2. The van der Waals surface area contributed by atoms with Crippen LogP contribution in [0.3, 0.4) is 0 Å². The first-order valence-corrected chi connectivity index (χ1v) is 9.66. The van der Waals surface area contributed by atoms with Crippen molar-refractivity contribution in [2.45, 2.75) is 49.5 Å². The molecule has 1 aliphatic carbocycles. The molecule has 1 fully saturated rings. The van der Waals surface area contributed by atoms with E-state index in [2.05, 4.69) is 0 Å². The molecule has 138 valence electrons. The Kier molecular flexibility index (Phi) is 5.61.